The van der Waals surface area contributed by atoms with Crippen molar-refractivity contribution in [2.45, 2.75) is 55.4 Å². The zero-order chi connectivity index (χ0) is 12.3. The minimum atomic E-state index is 0.285. The standard InChI is InChI=1S/C14H30O/c1-11(2)13(5,6)9-15-10-14(7,8)12(3)4/h11-12H,9-10H2,1-8H3. The normalized spacial score (nSPS) is 14.0. The molecule has 0 spiro atoms. The lowest BCUT2D eigenvalue weighted by Crippen LogP contribution is -2.31. The average Bonchev–Trinajstić information content (AvgIpc) is 2.02. The fourth-order valence-corrected chi connectivity index (χ4v) is 0.910. The molecule has 0 aromatic rings. The first-order valence-corrected chi connectivity index (χ1v) is 6.17. The van der Waals surface area contributed by atoms with E-state index in [0.717, 1.165) is 13.2 Å². The highest BCUT2D eigenvalue weighted by Gasteiger charge is 2.26. The Kier molecular flexibility index (Phi) is 5.32. The first-order valence-electron chi connectivity index (χ1n) is 6.17. The van der Waals surface area contributed by atoms with Gasteiger partial charge in [-0.05, 0) is 22.7 Å². The van der Waals surface area contributed by atoms with Crippen LogP contribution in [0.25, 0.3) is 0 Å². The Labute approximate surface area is 96.6 Å². The van der Waals surface area contributed by atoms with Crippen LogP contribution in [-0.4, -0.2) is 13.2 Å². The van der Waals surface area contributed by atoms with Gasteiger partial charge in [-0.3, -0.25) is 0 Å². The van der Waals surface area contributed by atoms with Crippen molar-refractivity contribution in [2.75, 3.05) is 13.2 Å². The molecule has 92 valence electrons. The van der Waals surface area contributed by atoms with Crippen molar-refractivity contribution in [3.8, 4) is 0 Å². The van der Waals surface area contributed by atoms with Gasteiger partial charge in [0.05, 0.1) is 13.2 Å². The quantitative estimate of drug-likeness (QED) is 0.638. The van der Waals surface area contributed by atoms with Crippen molar-refractivity contribution in [1.29, 1.82) is 0 Å². The molecule has 0 aromatic heterocycles. The maximum absolute atomic E-state index is 5.89. The highest BCUT2D eigenvalue weighted by atomic mass is 16.5. The minimum absolute atomic E-state index is 0.285. The molecule has 0 aromatic carbocycles. The molecule has 0 rings (SSSR count). The van der Waals surface area contributed by atoms with Crippen LogP contribution in [0.5, 0.6) is 0 Å². The molecule has 0 amide bonds. The molecule has 0 N–H and O–H groups in total. The fourth-order valence-electron chi connectivity index (χ4n) is 0.910. The molecule has 0 heterocycles. The first-order chi connectivity index (χ1) is 6.59. The monoisotopic (exact) mass is 214 g/mol. The molecule has 0 aliphatic heterocycles. The van der Waals surface area contributed by atoms with Crippen LogP contribution in [-0.2, 0) is 4.74 Å². The smallest absolute Gasteiger partial charge is 0.0519 e. The summed E-state index contributed by atoms with van der Waals surface area (Å²) in [4.78, 5) is 0. The SMILES string of the molecule is CC(C)C(C)(C)COCC(C)(C)C(C)C. The maximum Gasteiger partial charge on any atom is 0.0519 e. The van der Waals surface area contributed by atoms with Crippen LogP contribution in [0.2, 0.25) is 0 Å². The van der Waals surface area contributed by atoms with Gasteiger partial charge in [0.15, 0.2) is 0 Å². The summed E-state index contributed by atoms with van der Waals surface area (Å²) < 4.78 is 5.89. The van der Waals surface area contributed by atoms with E-state index < -0.39 is 0 Å². The predicted molar refractivity (Wildman–Crippen MR) is 68.1 cm³/mol. The Bertz CT molecular complexity index is 158. The summed E-state index contributed by atoms with van der Waals surface area (Å²) in [7, 11) is 0. The second-order valence-electron chi connectivity index (χ2n) is 6.78. The summed E-state index contributed by atoms with van der Waals surface area (Å²) in [5.41, 5.74) is 0.570. The zero-order valence-corrected chi connectivity index (χ0v) is 12.0. The Balaban J connectivity index is 4.00. The summed E-state index contributed by atoms with van der Waals surface area (Å²) in [6, 6.07) is 0. The van der Waals surface area contributed by atoms with E-state index in [1.54, 1.807) is 0 Å². The highest BCUT2D eigenvalue weighted by molar-refractivity contribution is 4.75. The van der Waals surface area contributed by atoms with Gasteiger partial charge in [-0.2, -0.15) is 0 Å². The molecule has 0 fully saturated rings. The molecular formula is C14H30O. The van der Waals surface area contributed by atoms with Gasteiger partial charge in [0, 0.05) is 0 Å². The Hall–Kier alpha value is -0.0400. The highest BCUT2D eigenvalue weighted by Crippen LogP contribution is 2.29. The van der Waals surface area contributed by atoms with E-state index in [0.29, 0.717) is 11.8 Å². The Morgan fingerprint density at radius 3 is 1.20 bits per heavy atom. The first kappa shape index (κ1) is 15.0. The fraction of sp³-hybridized carbons (Fsp3) is 1.00. The van der Waals surface area contributed by atoms with Crippen molar-refractivity contribution in [2.24, 2.45) is 22.7 Å². The van der Waals surface area contributed by atoms with Gasteiger partial charge in [-0.15, -0.1) is 0 Å². The molecule has 0 aliphatic carbocycles. The predicted octanol–water partition coefficient (Wildman–Crippen LogP) is 4.37. The van der Waals surface area contributed by atoms with Crippen LogP contribution >= 0.6 is 0 Å². The van der Waals surface area contributed by atoms with Crippen LogP contribution in [0.3, 0.4) is 0 Å². The molecule has 0 saturated heterocycles. The van der Waals surface area contributed by atoms with Crippen molar-refractivity contribution >= 4 is 0 Å². The molecule has 0 aliphatic rings. The lowest BCUT2D eigenvalue weighted by atomic mass is 9.81. The van der Waals surface area contributed by atoms with Crippen LogP contribution < -0.4 is 0 Å². The van der Waals surface area contributed by atoms with E-state index in [4.69, 9.17) is 4.74 Å². The minimum Gasteiger partial charge on any atom is -0.380 e. The van der Waals surface area contributed by atoms with Crippen LogP contribution in [0.4, 0.5) is 0 Å². The lowest BCUT2D eigenvalue weighted by Gasteiger charge is -2.33. The van der Waals surface area contributed by atoms with E-state index in [9.17, 15) is 0 Å². The van der Waals surface area contributed by atoms with Gasteiger partial charge in [0.1, 0.15) is 0 Å². The second-order valence-corrected chi connectivity index (χ2v) is 6.78. The Morgan fingerprint density at radius 1 is 0.733 bits per heavy atom. The van der Waals surface area contributed by atoms with Crippen LogP contribution in [0.15, 0.2) is 0 Å². The second kappa shape index (κ2) is 5.34. The van der Waals surface area contributed by atoms with Crippen LogP contribution in [0, 0.1) is 22.7 Å². The van der Waals surface area contributed by atoms with E-state index in [1.807, 2.05) is 0 Å². The molecule has 0 unspecified atom stereocenters. The van der Waals surface area contributed by atoms with Crippen molar-refractivity contribution in [1.82, 2.24) is 0 Å². The Morgan fingerprint density at radius 2 is 1.00 bits per heavy atom. The number of hydrogen-bond donors (Lipinski definition) is 0. The zero-order valence-electron chi connectivity index (χ0n) is 12.0. The lowest BCUT2D eigenvalue weighted by molar-refractivity contribution is -0.0148. The molecule has 0 atom stereocenters. The van der Waals surface area contributed by atoms with E-state index >= 15 is 0 Å². The topological polar surface area (TPSA) is 9.23 Å². The molecule has 0 bridgehead atoms. The molecule has 1 nitrogen and oxygen atoms in total. The summed E-state index contributed by atoms with van der Waals surface area (Å²) in [5.74, 6) is 1.33. The third-order valence-corrected chi connectivity index (χ3v) is 4.07. The summed E-state index contributed by atoms with van der Waals surface area (Å²) in [6.45, 7) is 19.9. The van der Waals surface area contributed by atoms with Gasteiger partial charge in [-0.25, -0.2) is 0 Å². The molecule has 0 radical (unpaired) electrons. The summed E-state index contributed by atoms with van der Waals surface area (Å²) in [5, 5.41) is 0. The molecule has 15 heavy (non-hydrogen) atoms. The molecule has 1 heteroatoms. The maximum atomic E-state index is 5.89. The van der Waals surface area contributed by atoms with Gasteiger partial charge < -0.3 is 4.74 Å². The number of hydrogen-bond acceptors (Lipinski definition) is 1. The van der Waals surface area contributed by atoms with Crippen molar-refractivity contribution in [3.05, 3.63) is 0 Å². The average molecular weight is 214 g/mol. The molecular weight excluding hydrogens is 184 g/mol. The van der Waals surface area contributed by atoms with Gasteiger partial charge in [-0.1, -0.05) is 55.4 Å². The summed E-state index contributed by atoms with van der Waals surface area (Å²) >= 11 is 0. The van der Waals surface area contributed by atoms with Crippen LogP contribution in [0.1, 0.15) is 55.4 Å². The van der Waals surface area contributed by atoms with E-state index in [1.165, 1.54) is 0 Å². The van der Waals surface area contributed by atoms with Gasteiger partial charge in [0.25, 0.3) is 0 Å². The molecule has 0 saturated carbocycles. The van der Waals surface area contributed by atoms with Gasteiger partial charge >= 0.3 is 0 Å². The number of ether oxygens (including phenoxy) is 1. The third-order valence-electron chi connectivity index (χ3n) is 4.07. The largest absolute Gasteiger partial charge is 0.380 e. The van der Waals surface area contributed by atoms with E-state index in [-0.39, 0.29) is 10.8 Å². The third kappa shape index (κ3) is 5.01. The van der Waals surface area contributed by atoms with Crippen molar-refractivity contribution in [3.63, 3.8) is 0 Å². The summed E-state index contributed by atoms with van der Waals surface area (Å²) in [6.07, 6.45) is 0. The van der Waals surface area contributed by atoms with E-state index in [2.05, 4.69) is 55.4 Å². The van der Waals surface area contributed by atoms with Crippen molar-refractivity contribution < 1.29 is 4.74 Å². The number of rotatable bonds is 6. The van der Waals surface area contributed by atoms with Gasteiger partial charge in [0.2, 0.25) is 0 Å².